The molecule has 1 aliphatic heterocycles. The van der Waals surface area contributed by atoms with Gasteiger partial charge < -0.3 is 14.2 Å². The SMILES string of the molecule is C#CC.CN=C(/C=C1\CC(=O)N(c2ccc(OCC(=O)C3CC3)nc2)CO1)OCC1CC1. The van der Waals surface area contributed by atoms with Gasteiger partial charge in [0.15, 0.2) is 12.5 Å². The summed E-state index contributed by atoms with van der Waals surface area (Å²) in [7, 11) is 1.66. The molecular weight excluding hydrogens is 410 g/mol. The quantitative estimate of drug-likeness (QED) is 0.351. The third kappa shape index (κ3) is 7.12. The molecule has 0 N–H and O–H groups in total. The molecule has 0 atom stereocenters. The number of hydrogen-bond donors (Lipinski definition) is 0. The molecule has 2 aliphatic carbocycles. The number of aromatic nitrogens is 1. The van der Waals surface area contributed by atoms with E-state index in [9.17, 15) is 9.59 Å². The standard InChI is InChI=1S/C21H25N3O5.C3H4/c1-22-20(27-11-14-2-3-14)8-17-9-21(26)24(13-29-17)16-6-7-19(23-10-16)28-12-18(25)15-4-5-15;1-3-2/h6-8,10,14-15H,2-5,9,11-13H2,1H3;1H,2H3/b17-8+,22-20?;. The van der Waals surface area contributed by atoms with E-state index in [-0.39, 0.29) is 37.4 Å². The molecule has 3 aliphatic rings. The van der Waals surface area contributed by atoms with Crippen LogP contribution in [0, 0.1) is 24.2 Å². The van der Waals surface area contributed by atoms with Gasteiger partial charge in [-0.1, -0.05) is 0 Å². The monoisotopic (exact) mass is 439 g/mol. The van der Waals surface area contributed by atoms with Crippen LogP contribution in [0.2, 0.25) is 0 Å². The van der Waals surface area contributed by atoms with E-state index in [0.29, 0.717) is 35.7 Å². The van der Waals surface area contributed by atoms with E-state index >= 15 is 0 Å². The summed E-state index contributed by atoms with van der Waals surface area (Å²) in [5, 5.41) is 0. The summed E-state index contributed by atoms with van der Waals surface area (Å²) < 4.78 is 16.8. The number of anilines is 1. The molecule has 8 nitrogen and oxygen atoms in total. The fourth-order valence-electron chi connectivity index (χ4n) is 2.91. The molecule has 4 rings (SSSR count). The number of aliphatic imine (C=N–C) groups is 1. The van der Waals surface area contributed by atoms with E-state index in [2.05, 4.69) is 22.3 Å². The molecule has 0 bridgehead atoms. The molecule has 0 spiro atoms. The Labute approximate surface area is 188 Å². The molecule has 1 amide bonds. The molecule has 0 radical (unpaired) electrons. The van der Waals surface area contributed by atoms with Gasteiger partial charge in [0.25, 0.3) is 0 Å². The van der Waals surface area contributed by atoms with E-state index in [4.69, 9.17) is 14.2 Å². The maximum atomic E-state index is 12.6. The Morgan fingerprint density at radius 2 is 2.12 bits per heavy atom. The van der Waals surface area contributed by atoms with Crippen LogP contribution in [0.3, 0.4) is 0 Å². The van der Waals surface area contributed by atoms with Crippen molar-refractivity contribution in [2.75, 3.05) is 31.9 Å². The van der Waals surface area contributed by atoms with E-state index in [0.717, 1.165) is 12.8 Å². The molecule has 170 valence electrons. The maximum Gasteiger partial charge on any atom is 0.237 e. The number of ether oxygens (including phenoxy) is 3. The van der Waals surface area contributed by atoms with Gasteiger partial charge in [-0.05, 0) is 44.6 Å². The van der Waals surface area contributed by atoms with Crippen LogP contribution < -0.4 is 9.64 Å². The van der Waals surface area contributed by atoms with Crippen molar-refractivity contribution in [2.45, 2.75) is 39.0 Å². The number of Topliss-reactive ketones (excluding diaryl/α,β-unsaturated/α-hetero) is 1. The molecule has 32 heavy (non-hydrogen) atoms. The highest BCUT2D eigenvalue weighted by atomic mass is 16.5. The predicted molar refractivity (Wildman–Crippen MR) is 120 cm³/mol. The molecular formula is C24H29N3O5. The van der Waals surface area contributed by atoms with Crippen molar-refractivity contribution in [1.82, 2.24) is 4.98 Å². The Balaban J connectivity index is 0.000000913. The predicted octanol–water partition coefficient (Wildman–Crippen LogP) is 3.13. The minimum absolute atomic E-state index is 0.0427. The number of terminal acetylenes is 1. The first-order valence-electron chi connectivity index (χ1n) is 10.8. The van der Waals surface area contributed by atoms with E-state index in [1.54, 1.807) is 38.4 Å². The van der Waals surface area contributed by atoms with Crippen LogP contribution in [0.4, 0.5) is 5.69 Å². The normalized spacial score (nSPS) is 19.4. The molecule has 2 heterocycles. The Morgan fingerprint density at radius 1 is 1.38 bits per heavy atom. The zero-order valence-electron chi connectivity index (χ0n) is 18.6. The van der Waals surface area contributed by atoms with Crippen molar-refractivity contribution in [3.8, 4) is 18.2 Å². The Bertz CT molecular complexity index is 909. The average Bonchev–Trinajstić information content (AvgIpc) is 3.70. The van der Waals surface area contributed by atoms with E-state index in [1.165, 1.54) is 17.7 Å². The topological polar surface area (TPSA) is 90.3 Å². The molecule has 0 aromatic carbocycles. The molecule has 2 saturated carbocycles. The average molecular weight is 440 g/mol. The number of ketones is 1. The van der Waals surface area contributed by atoms with Crippen molar-refractivity contribution in [3.05, 3.63) is 30.2 Å². The Hall–Kier alpha value is -3.34. The highest BCUT2D eigenvalue weighted by Gasteiger charge is 2.30. The minimum Gasteiger partial charge on any atom is -0.478 e. The summed E-state index contributed by atoms with van der Waals surface area (Å²) >= 11 is 0. The van der Waals surface area contributed by atoms with Crippen molar-refractivity contribution in [2.24, 2.45) is 16.8 Å². The smallest absolute Gasteiger partial charge is 0.237 e. The largest absolute Gasteiger partial charge is 0.478 e. The van der Waals surface area contributed by atoms with Crippen LogP contribution in [0.25, 0.3) is 0 Å². The van der Waals surface area contributed by atoms with Gasteiger partial charge in [-0.3, -0.25) is 19.5 Å². The molecule has 0 unspecified atom stereocenters. The van der Waals surface area contributed by atoms with Crippen LogP contribution in [-0.4, -0.2) is 49.6 Å². The lowest BCUT2D eigenvalue weighted by atomic mass is 10.2. The number of hydrogen-bond acceptors (Lipinski definition) is 7. The summed E-state index contributed by atoms with van der Waals surface area (Å²) in [6.45, 7) is 2.44. The second-order valence-corrected chi connectivity index (χ2v) is 7.87. The number of nitrogens with zero attached hydrogens (tertiary/aromatic N) is 3. The molecule has 3 fully saturated rings. The number of amides is 1. The fraction of sp³-hybridized carbons (Fsp3) is 0.500. The summed E-state index contributed by atoms with van der Waals surface area (Å²) in [6.07, 6.45) is 12.3. The summed E-state index contributed by atoms with van der Waals surface area (Å²) in [4.78, 5) is 34.1. The third-order valence-electron chi connectivity index (χ3n) is 5.10. The van der Waals surface area contributed by atoms with E-state index in [1.807, 2.05) is 0 Å². The van der Waals surface area contributed by atoms with Gasteiger partial charge in [0.1, 0.15) is 12.4 Å². The van der Waals surface area contributed by atoms with Gasteiger partial charge in [0, 0.05) is 25.1 Å². The van der Waals surface area contributed by atoms with Crippen LogP contribution in [-0.2, 0) is 19.1 Å². The van der Waals surface area contributed by atoms with Crippen molar-refractivity contribution < 1.29 is 23.8 Å². The van der Waals surface area contributed by atoms with Crippen LogP contribution >= 0.6 is 0 Å². The summed E-state index contributed by atoms with van der Waals surface area (Å²) in [6, 6.07) is 3.39. The summed E-state index contributed by atoms with van der Waals surface area (Å²) in [5.41, 5.74) is 0.615. The van der Waals surface area contributed by atoms with Gasteiger partial charge >= 0.3 is 0 Å². The van der Waals surface area contributed by atoms with Crippen LogP contribution in [0.15, 0.2) is 35.2 Å². The number of pyridine rings is 1. The highest BCUT2D eigenvalue weighted by molar-refractivity contribution is 5.96. The van der Waals surface area contributed by atoms with Crippen molar-refractivity contribution >= 4 is 23.3 Å². The van der Waals surface area contributed by atoms with Crippen molar-refractivity contribution in [1.29, 1.82) is 0 Å². The maximum absolute atomic E-state index is 12.6. The fourth-order valence-corrected chi connectivity index (χ4v) is 2.91. The van der Waals surface area contributed by atoms with Gasteiger partial charge in [-0.2, -0.15) is 0 Å². The van der Waals surface area contributed by atoms with E-state index < -0.39 is 0 Å². The summed E-state index contributed by atoms with van der Waals surface area (Å²) in [5.74, 6) is 4.44. The molecule has 1 aromatic heterocycles. The van der Waals surface area contributed by atoms with Gasteiger partial charge in [-0.25, -0.2) is 4.98 Å². The highest BCUT2D eigenvalue weighted by Crippen LogP contribution is 2.30. The second kappa shape index (κ2) is 11.3. The van der Waals surface area contributed by atoms with Crippen LogP contribution in [0.5, 0.6) is 5.88 Å². The molecule has 1 aromatic rings. The first kappa shape index (κ1) is 23.3. The Kier molecular flexibility index (Phi) is 8.26. The molecule has 1 saturated heterocycles. The third-order valence-corrected chi connectivity index (χ3v) is 5.10. The lowest BCUT2D eigenvalue weighted by Crippen LogP contribution is -2.37. The van der Waals surface area contributed by atoms with Crippen molar-refractivity contribution in [3.63, 3.8) is 0 Å². The lowest BCUT2D eigenvalue weighted by Gasteiger charge is -2.28. The zero-order chi connectivity index (χ0) is 22.9. The number of carbonyl (C=O) groups is 2. The zero-order valence-corrected chi connectivity index (χ0v) is 18.6. The number of rotatable bonds is 8. The van der Waals surface area contributed by atoms with Gasteiger partial charge in [0.2, 0.25) is 17.7 Å². The number of carbonyl (C=O) groups excluding carboxylic acids is 2. The second-order valence-electron chi connectivity index (χ2n) is 7.87. The lowest BCUT2D eigenvalue weighted by molar-refractivity contribution is -0.122. The first-order valence-corrected chi connectivity index (χ1v) is 10.8. The Morgan fingerprint density at radius 3 is 2.69 bits per heavy atom. The van der Waals surface area contributed by atoms with Crippen LogP contribution in [0.1, 0.15) is 39.0 Å². The molecule has 8 heteroatoms. The minimum atomic E-state index is -0.0977. The van der Waals surface area contributed by atoms with Gasteiger partial charge in [0.05, 0.1) is 24.9 Å². The first-order chi connectivity index (χ1) is 15.5. The van der Waals surface area contributed by atoms with Gasteiger partial charge in [-0.15, -0.1) is 12.3 Å².